The third-order valence-electron chi connectivity index (χ3n) is 2.02. The van der Waals surface area contributed by atoms with E-state index in [2.05, 4.69) is 10.6 Å². The molecule has 0 unspecified atom stereocenters. The normalized spacial score (nSPS) is 9.41. The Balaban J connectivity index is 2.32. The first kappa shape index (κ1) is 13.0. The highest BCUT2D eigenvalue weighted by atomic mass is 16.5. The molecule has 0 saturated carbocycles. The van der Waals surface area contributed by atoms with Crippen molar-refractivity contribution in [1.29, 1.82) is 5.26 Å². The van der Waals surface area contributed by atoms with Gasteiger partial charge in [0.15, 0.2) is 0 Å². The third-order valence-corrected chi connectivity index (χ3v) is 2.02. The number of amides is 1. The van der Waals surface area contributed by atoms with Crippen molar-refractivity contribution in [3.05, 3.63) is 29.8 Å². The van der Waals surface area contributed by atoms with E-state index < -0.39 is 6.09 Å². The molecule has 90 valence electrons. The quantitative estimate of drug-likeness (QED) is 0.759. The van der Waals surface area contributed by atoms with E-state index in [0.717, 1.165) is 6.54 Å². The van der Waals surface area contributed by atoms with Gasteiger partial charge in [0.05, 0.1) is 11.6 Å². The molecule has 0 aliphatic carbocycles. The number of hydrogen-bond donors (Lipinski definition) is 2. The number of carbonyl (C=O) groups excluding carboxylic acids is 1. The molecule has 0 spiro atoms. The van der Waals surface area contributed by atoms with Gasteiger partial charge in [0, 0.05) is 12.2 Å². The fourth-order valence-corrected chi connectivity index (χ4v) is 1.17. The molecule has 2 N–H and O–H groups in total. The zero-order valence-electron chi connectivity index (χ0n) is 9.69. The summed E-state index contributed by atoms with van der Waals surface area (Å²) in [6.45, 7) is 3.80. The number of benzene rings is 1. The lowest BCUT2D eigenvalue weighted by molar-refractivity contribution is 0.162. The molecule has 0 aliphatic heterocycles. The van der Waals surface area contributed by atoms with Crippen LogP contribution in [0.15, 0.2) is 24.3 Å². The Morgan fingerprint density at radius 3 is 2.71 bits per heavy atom. The maximum absolute atomic E-state index is 11.3. The topological polar surface area (TPSA) is 74.2 Å². The Labute approximate surface area is 100 Å². The highest BCUT2D eigenvalue weighted by Crippen LogP contribution is 2.08. The van der Waals surface area contributed by atoms with Crippen molar-refractivity contribution in [2.45, 2.75) is 6.92 Å². The number of carbonyl (C=O) groups is 1. The Kier molecular flexibility index (Phi) is 5.55. The first-order chi connectivity index (χ1) is 8.26. The van der Waals surface area contributed by atoms with Crippen LogP contribution in [-0.2, 0) is 4.74 Å². The van der Waals surface area contributed by atoms with E-state index in [1.54, 1.807) is 24.3 Å². The third kappa shape index (κ3) is 5.00. The Morgan fingerprint density at radius 2 is 2.12 bits per heavy atom. The molecule has 1 amide bonds. The summed E-state index contributed by atoms with van der Waals surface area (Å²) in [5.41, 5.74) is 1.16. The van der Waals surface area contributed by atoms with Gasteiger partial charge in [0.25, 0.3) is 0 Å². The molecule has 0 atom stereocenters. The van der Waals surface area contributed by atoms with Gasteiger partial charge in [0.2, 0.25) is 0 Å². The van der Waals surface area contributed by atoms with E-state index in [1.807, 2.05) is 13.0 Å². The number of likely N-dealkylation sites (N-methyl/N-ethyl adjacent to an activating group) is 1. The lowest BCUT2D eigenvalue weighted by Crippen LogP contribution is -2.23. The van der Waals surface area contributed by atoms with Crippen LogP contribution >= 0.6 is 0 Å². The Hall–Kier alpha value is -2.06. The number of ether oxygens (including phenoxy) is 1. The zero-order chi connectivity index (χ0) is 12.5. The van der Waals surface area contributed by atoms with E-state index in [1.165, 1.54) is 0 Å². The minimum Gasteiger partial charge on any atom is -0.448 e. The lowest BCUT2D eigenvalue weighted by Gasteiger charge is -2.07. The van der Waals surface area contributed by atoms with Crippen LogP contribution in [0.4, 0.5) is 10.5 Å². The van der Waals surface area contributed by atoms with Crippen LogP contribution in [0.25, 0.3) is 0 Å². The van der Waals surface area contributed by atoms with Crippen molar-refractivity contribution < 1.29 is 9.53 Å². The highest BCUT2D eigenvalue weighted by Gasteiger charge is 2.02. The minimum absolute atomic E-state index is 0.329. The molecule has 5 nitrogen and oxygen atoms in total. The van der Waals surface area contributed by atoms with Crippen molar-refractivity contribution in [2.75, 3.05) is 25.0 Å². The molecule has 0 saturated heterocycles. The first-order valence-electron chi connectivity index (χ1n) is 5.41. The standard InChI is InChI=1S/C12H15N3O2/c1-2-14-7-8-17-12(16)15-11-5-3-10(9-13)4-6-11/h3-6,14H,2,7-8H2,1H3,(H,15,16). The number of anilines is 1. The van der Waals surface area contributed by atoms with Crippen LogP contribution in [0.3, 0.4) is 0 Å². The largest absolute Gasteiger partial charge is 0.448 e. The molecular weight excluding hydrogens is 218 g/mol. The fourth-order valence-electron chi connectivity index (χ4n) is 1.17. The summed E-state index contributed by atoms with van der Waals surface area (Å²) < 4.78 is 4.93. The molecule has 0 heterocycles. The van der Waals surface area contributed by atoms with Gasteiger partial charge in [-0.15, -0.1) is 0 Å². The summed E-state index contributed by atoms with van der Waals surface area (Å²) >= 11 is 0. The summed E-state index contributed by atoms with van der Waals surface area (Å²) in [7, 11) is 0. The molecule has 0 fully saturated rings. The van der Waals surface area contributed by atoms with Gasteiger partial charge >= 0.3 is 6.09 Å². The number of hydrogen-bond acceptors (Lipinski definition) is 4. The second kappa shape index (κ2) is 7.25. The first-order valence-corrected chi connectivity index (χ1v) is 5.41. The molecule has 0 bridgehead atoms. The van der Waals surface area contributed by atoms with Gasteiger partial charge in [-0.3, -0.25) is 5.32 Å². The lowest BCUT2D eigenvalue weighted by atomic mass is 10.2. The van der Waals surface area contributed by atoms with Gasteiger partial charge in [-0.2, -0.15) is 5.26 Å². The van der Waals surface area contributed by atoms with Crippen LogP contribution in [0, 0.1) is 11.3 Å². The molecule has 0 aliphatic rings. The predicted molar refractivity (Wildman–Crippen MR) is 64.7 cm³/mol. The number of nitrogens with zero attached hydrogens (tertiary/aromatic N) is 1. The van der Waals surface area contributed by atoms with Crippen molar-refractivity contribution in [3.63, 3.8) is 0 Å². The van der Waals surface area contributed by atoms with Crippen molar-refractivity contribution in [3.8, 4) is 6.07 Å². The van der Waals surface area contributed by atoms with Gasteiger partial charge in [-0.25, -0.2) is 4.79 Å². The summed E-state index contributed by atoms with van der Waals surface area (Å²) in [5.74, 6) is 0. The van der Waals surface area contributed by atoms with Crippen molar-refractivity contribution in [2.24, 2.45) is 0 Å². The van der Waals surface area contributed by atoms with E-state index in [4.69, 9.17) is 10.00 Å². The SMILES string of the molecule is CCNCCOC(=O)Nc1ccc(C#N)cc1. The summed E-state index contributed by atoms with van der Waals surface area (Å²) in [4.78, 5) is 11.3. The zero-order valence-corrected chi connectivity index (χ0v) is 9.69. The molecule has 0 radical (unpaired) electrons. The molecular formula is C12H15N3O2. The highest BCUT2D eigenvalue weighted by molar-refractivity contribution is 5.84. The van der Waals surface area contributed by atoms with Crippen LogP contribution in [0.5, 0.6) is 0 Å². The second-order valence-electron chi connectivity index (χ2n) is 3.30. The number of nitriles is 1. The van der Waals surface area contributed by atoms with Crippen LogP contribution in [-0.4, -0.2) is 25.8 Å². The van der Waals surface area contributed by atoms with Gasteiger partial charge in [-0.05, 0) is 30.8 Å². The maximum atomic E-state index is 11.3. The van der Waals surface area contributed by atoms with Crippen LogP contribution in [0.2, 0.25) is 0 Å². The monoisotopic (exact) mass is 233 g/mol. The van der Waals surface area contributed by atoms with Crippen molar-refractivity contribution in [1.82, 2.24) is 5.32 Å². The van der Waals surface area contributed by atoms with Crippen molar-refractivity contribution >= 4 is 11.8 Å². The summed E-state index contributed by atoms with van der Waals surface area (Å²) in [5, 5.41) is 14.2. The number of nitrogens with one attached hydrogen (secondary N) is 2. The smallest absolute Gasteiger partial charge is 0.411 e. The van der Waals surface area contributed by atoms with Gasteiger partial charge in [0.1, 0.15) is 6.61 Å². The average Bonchev–Trinajstić information content (AvgIpc) is 2.36. The fraction of sp³-hybridized carbons (Fsp3) is 0.333. The van der Waals surface area contributed by atoms with E-state index in [9.17, 15) is 4.79 Å². The molecule has 1 aromatic rings. The average molecular weight is 233 g/mol. The second-order valence-corrected chi connectivity index (χ2v) is 3.30. The summed E-state index contributed by atoms with van der Waals surface area (Å²) in [6.07, 6.45) is -0.493. The van der Waals surface area contributed by atoms with Gasteiger partial charge in [-0.1, -0.05) is 6.92 Å². The minimum atomic E-state index is -0.493. The predicted octanol–water partition coefficient (Wildman–Crippen LogP) is 1.72. The Bertz CT molecular complexity index is 395. The summed E-state index contributed by atoms with van der Waals surface area (Å²) in [6, 6.07) is 8.58. The molecule has 0 aromatic heterocycles. The van der Waals surface area contributed by atoms with E-state index in [-0.39, 0.29) is 0 Å². The van der Waals surface area contributed by atoms with E-state index >= 15 is 0 Å². The van der Waals surface area contributed by atoms with E-state index in [0.29, 0.717) is 24.4 Å². The van der Waals surface area contributed by atoms with Gasteiger partial charge < -0.3 is 10.1 Å². The maximum Gasteiger partial charge on any atom is 0.411 e. The molecule has 1 aromatic carbocycles. The Morgan fingerprint density at radius 1 is 1.41 bits per heavy atom. The van der Waals surface area contributed by atoms with Crippen LogP contribution in [0.1, 0.15) is 12.5 Å². The van der Waals surface area contributed by atoms with Crippen LogP contribution < -0.4 is 10.6 Å². The molecule has 5 heteroatoms. The number of rotatable bonds is 5. The molecule has 17 heavy (non-hydrogen) atoms. The molecule has 1 rings (SSSR count).